The quantitative estimate of drug-likeness (QED) is 0.722. The van der Waals surface area contributed by atoms with Crippen LogP contribution in [0.2, 0.25) is 0 Å². The topological polar surface area (TPSA) is 58.7 Å². The van der Waals surface area contributed by atoms with E-state index in [1.807, 2.05) is 0 Å². The van der Waals surface area contributed by atoms with Crippen molar-refractivity contribution in [3.8, 4) is 0 Å². The molecule has 0 fully saturated rings. The van der Waals surface area contributed by atoms with Gasteiger partial charge in [-0.2, -0.15) is 0 Å². The Balaban J connectivity index is 2.93. The molecule has 0 radical (unpaired) electrons. The van der Waals surface area contributed by atoms with Gasteiger partial charge in [0.25, 0.3) is 0 Å². The van der Waals surface area contributed by atoms with Gasteiger partial charge in [0.1, 0.15) is 10.8 Å². The van der Waals surface area contributed by atoms with Crippen molar-refractivity contribution < 1.29 is 14.2 Å². The number of anilines is 1. The maximum absolute atomic E-state index is 13.9. The van der Waals surface area contributed by atoms with Crippen molar-refractivity contribution in [1.29, 1.82) is 0 Å². The molecule has 3 N–H and O–H groups in total. The highest BCUT2D eigenvalue weighted by atomic mass is 32.1. The summed E-state index contributed by atoms with van der Waals surface area (Å²) in [6.45, 7) is 1.24. The molecule has 0 bridgehead atoms. The summed E-state index contributed by atoms with van der Waals surface area (Å²) in [5.41, 5.74) is 6.33. The van der Waals surface area contributed by atoms with E-state index in [0.717, 1.165) is 0 Å². The molecule has 0 heterocycles. The van der Waals surface area contributed by atoms with Crippen molar-refractivity contribution in [2.24, 2.45) is 5.73 Å². The molecular formula is C12H17FN2O2S. The van der Waals surface area contributed by atoms with Gasteiger partial charge < -0.3 is 20.5 Å². The van der Waals surface area contributed by atoms with E-state index < -0.39 is 5.82 Å². The standard InChI is InChI=1S/C12H17FN2O2S/c1-17-7-5-15(4-6-16)11-3-2-9(12(14)18)8-10(11)13/h2-3,8,16H,4-7H2,1H3,(H2,14,18). The Morgan fingerprint density at radius 2 is 2.22 bits per heavy atom. The number of benzene rings is 1. The molecule has 0 saturated heterocycles. The highest BCUT2D eigenvalue weighted by Crippen LogP contribution is 2.20. The molecule has 18 heavy (non-hydrogen) atoms. The maximum Gasteiger partial charge on any atom is 0.147 e. The molecule has 100 valence electrons. The molecule has 1 rings (SSSR count). The molecule has 0 aliphatic carbocycles. The van der Waals surface area contributed by atoms with Crippen LogP contribution in [0.15, 0.2) is 18.2 Å². The minimum absolute atomic E-state index is 0.0554. The fourth-order valence-corrected chi connectivity index (χ4v) is 1.72. The Morgan fingerprint density at radius 3 is 2.72 bits per heavy atom. The first-order chi connectivity index (χ1) is 8.60. The van der Waals surface area contributed by atoms with Crippen molar-refractivity contribution in [1.82, 2.24) is 0 Å². The molecule has 0 aliphatic heterocycles. The van der Waals surface area contributed by atoms with Gasteiger partial charge in [0, 0.05) is 25.8 Å². The molecule has 0 amide bonds. The smallest absolute Gasteiger partial charge is 0.147 e. The summed E-state index contributed by atoms with van der Waals surface area (Å²) in [5.74, 6) is -0.412. The number of aliphatic hydroxyl groups is 1. The highest BCUT2D eigenvalue weighted by molar-refractivity contribution is 7.80. The Hall–Kier alpha value is -1.24. The average Bonchev–Trinajstić information content (AvgIpc) is 2.34. The lowest BCUT2D eigenvalue weighted by Crippen LogP contribution is -2.31. The van der Waals surface area contributed by atoms with Gasteiger partial charge in [0.2, 0.25) is 0 Å². The third kappa shape index (κ3) is 3.90. The molecular weight excluding hydrogens is 255 g/mol. The Bertz CT molecular complexity index is 415. The molecule has 1 aromatic rings. The summed E-state index contributed by atoms with van der Waals surface area (Å²) in [5, 5.41) is 8.99. The van der Waals surface area contributed by atoms with Gasteiger partial charge in [0.15, 0.2) is 0 Å². The summed E-state index contributed by atoms with van der Waals surface area (Å²) < 4.78 is 18.9. The maximum atomic E-state index is 13.9. The number of ether oxygens (including phenoxy) is 1. The van der Waals surface area contributed by atoms with E-state index in [-0.39, 0.29) is 11.6 Å². The summed E-state index contributed by atoms with van der Waals surface area (Å²) in [7, 11) is 1.57. The molecule has 0 atom stereocenters. The van der Waals surface area contributed by atoms with Crippen molar-refractivity contribution in [2.45, 2.75) is 0 Å². The fourth-order valence-electron chi connectivity index (χ4n) is 1.59. The number of thiocarbonyl (C=S) groups is 1. The van der Waals surface area contributed by atoms with Crippen LogP contribution in [0.4, 0.5) is 10.1 Å². The van der Waals surface area contributed by atoms with Crippen LogP contribution in [0.1, 0.15) is 5.56 Å². The van der Waals surface area contributed by atoms with Crippen molar-refractivity contribution >= 4 is 22.9 Å². The van der Waals surface area contributed by atoms with Crippen LogP contribution in [-0.4, -0.2) is 43.5 Å². The van der Waals surface area contributed by atoms with E-state index in [0.29, 0.717) is 30.9 Å². The number of rotatable bonds is 7. The lowest BCUT2D eigenvalue weighted by molar-refractivity contribution is 0.202. The number of halogens is 1. The van der Waals surface area contributed by atoms with Crippen molar-refractivity contribution in [3.05, 3.63) is 29.6 Å². The summed E-state index contributed by atoms with van der Waals surface area (Å²) >= 11 is 4.79. The van der Waals surface area contributed by atoms with Crippen molar-refractivity contribution in [2.75, 3.05) is 38.3 Å². The number of hydrogen-bond donors (Lipinski definition) is 2. The SMILES string of the molecule is COCCN(CCO)c1ccc(C(N)=S)cc1F. The number of aliphatic hydroxyl groups excluding tert-OH is 1. The third-order valence-corrected chi connectivity index (χ3v) is 2.74. The van der Waals surface area contributed by atoms with Gasteiger partial charge in [-0.05, 0) is 18.2 Å². The zero-order valence-electron chi connectivity index (χ0n) is 10.2. The largest absolute Gasteiger partial charge is 0.395 e. The molecule has 0 aromatic heterocycles. The Morgan fingerprint density at radius 1 is 1.50 bits per heavy atom. The van der Waals surface area contributed by atoms with Gasteiger partial charge >= 0.3 is 0 Å². The second-order valence-corrected chi connectivity index (χ2v) is 4.17. The minimum atomic E-state index is -0.412. The molecule has 6 heteroatoms. The Kier molecular flexibility index (Phi) is 5.97. The van der Waals surface area contributed by atoms with Crippen molar-refractivity contribution in [3.63, 3.8) is 0 Å². The molecule has 0 saturated carbocycles. The molecule has 1 aromatic carbocycles. The zero-order valence-corrected chi connectivity index (χ0v) is 11.0. The van der Waals surface area contributed by atoms with Crippen LogP contribution in [0, 0.1) is 5.82 Å². The predicted molar refractivity (Wildman–Crippen MR) is 73.5 cm³/mol. The number of nitrogens with two attached hydrogens (primary N) is 1. The van der Waals surface area contributed by atoms with Gasteiger partial charge in [-0.15, -0.1) is 0 Å². The molecule has 0 aliphatic rings. The molecule has 4 nitrogen and oxygen atoms in total. The lowest BCUT2D eigenvalue weighted by Gasteiger charge is -2.24. The van der Waals surface area contributed by atoms with Crippen LogP contribution >= 0.6 is 12.2 Å². The number of hydrogen-bond acceptors (Lipinski definition) is 4. The van der Waals surface area contributed by atoms with Gasteiger partial charge in [0.05, 0.1) is 18.9 Å². The number of nitrogens with zero attached hydrogens (tertiary/aromatic N) is 1. The second kappa shape index (κ2) is 7.25. The Labute approximate surface area is 111 Å². The summed E-state index contributed by atoms with van der Waals surface area (Å²) in [4.78, 5) is 1.87. The summed E-state index contributed by atoms with van der Waals surface area (Å²) in [6.07, 6.45) is 0. The third-order valence-electron chi connectivity index (χ3n) is 2.51. The minimum Gasteiger partial charge on any atom is -0.395 e. The predicted octanol–water partition coefficient (Wildman–Crippen LogP) is 0.905. The lowest BCUT2D eigenvalue weighted by atomic mass is 10.2. The summed E-state index contributed by atoms with van der Waals surface area (Å²) in [6, 6.07) is 4.57. The van der Waals surface area contributed by atoms with Crippen LogP contribution in [0.3, 0.4) is 0 Å². The van der Waals surface area contributed by atoms with Gasteiger partial charge in [-0.25, -0.2) is 4.39 Å². The molecule has 0 spiro atoms. The normalized spacial score (nSPS) is 10.4. The van der Waals surface area contributed by atoms with E-state index >= 15 is 0 Å². The fraction of sp³-hybridized carbons (Fsp3) is 0.417. The first kappa shape index (κ1) is 14.8. The van der Waals surface area contributed by atoms with Crippen LogP contribution in [0.5, 0.6) is 0 Å². The first-order valence-electron chi connectivity index (χ1n) is 5.54. The van der Waals surface area contributed by atoms with Gasteiger partial charge in [-0.1, -0.05) is 12.2 Å². The van der Waals surface area contributed by atoms with E-state index in [2.05, 4.69) is 0 Å². The molecule has 0 unspecified atom stereocenters. The number of methoxy groups -OCH3 is 1. The van der Waals surface area contributed by atoms with E-state index in [1.165, 1.54) is 6.07 Å². The highest BCUT2D eigenvalue weighted by Gasteiger charge is 2.12. The first-order valence-corrected chi connectivity index (χ1v) is 5.95. The van der Waals surface area contributed by atoms with Crippen LogP contribution < -0.4 is 10.6 Å². The van der Waals surface area contributed by atoms with E-state index in [9.17, 15) is 4.39 Å². The monoisotopic (exact) mass is 272 g/mol. The average molecular weight is 272 g/mol. The van der Waals surface area contributed by atoms with E-state index in [1.54, 1.807) is 24.1 Å². The van der Waals surface area contributed by atoms with E-state index in [4.69, 9.17) is 27.8 Å². The van der Waals surface area contributed by atoms with Gasteiger partial charge in [-0.3, -0.25) is 0 Å². The zero-order chi connectivity index (χ0) is 13.5. The van der Waals surface area contributed by atoms with Crippen LogP contribution in [0.25, 0.3) is 0 Å². The second-order valence-electron chi connectivity index (χ2n) is 3.73. The van der Waals surface area contributed by atoms with Crippen LogP contribution in [-0.2, 0) is 4.74 Å².